The van der Waals surface area contributed by atoms with Gasteiger partial charge in [0.05, 0.1) is 17.4 Å². The third-order valence-corrected chi connectivity index (χ3v) is 5.35. The quantitative estimate of drug-likeness (QED) is 0.773. The van der Waals surface area contributed by atoms with Gasteiger partial charge in [-0.3, -0.25) is 4.79 Å². The summed E-state index contributed by atoms with van der Waals surface area (Å²) in [5, 5.41) is 0. The first-order chi connectivity index (χ1) is 10.1. The number of ether oxygens (including phenoxy) is 3. The minimum absolute atomic E-state index is 0.0575. The molecular weight excluding hydrogens is 296 g/mol. The zero-order chi connectivity index (χ0) is 14.9. The van der Waals surface area contributed by atoms with E-state index in [9.17, 15) is 13.2 Å². The second kappa shape index (κ2) is 5.55. The Morgan fingerprint density at radius 3 is 2.86 bits per heavy atom. The number of fused-ring (bicyclic) bond motifs is 1. The van der Waals surface area contributed by atoms with Crippen molar-refractivity contribution in [3.05, 3.63) is 23.8 Å². The van der Waals surface area contributed by atoms with Crippen LogP contribution in [0, 0.1) is 5.92 Å². The lowest BCUT2D eigenvalue weighted by atomic mass is 10.1. The lowest BCUT2D eigenvalue weighted by Crippen LogP contribution is -2.20. The Balaban J connectivity index is 1.64. The molecule has 3 rings (SSSR count). The van der Waals surface area contributed by atoms with Crippen LogP contribution in [0.25, 0.3) is 0 Å². The molecule has 1 aromatic rings. The number of hydrogen-bond donors (Lipinski definition) is 0. The van der Waals surface area contributed by atoms with Crippen LogP contribution < -0.4 is 9.47 Å². The van der Waals surface area contributed by atoms with E-state index in [1.54, 1.807) is 18.2 Å². The van der Waals surface area contributed by atoms with Crippen molar-refractivity contribution in [3.63, 3.8) is 0 Å². The fraction of sp³-hybridized carbons (Fsp3) is 0.500. The maximum absolute atomic E-state index is 11.9. The molecule has 0 aromatic heterocycles. The van der Waals surface area contributed by atoms with Crippen molar-refractivity contribution >= 4 is 15.8 Å². The van der Waals surface area contributed by atoms with E-state index in [-0.39, 0.29) is 18.1 Å². The third-order valence-electron chi connectivity index (χ3n) is 3.58. The molecule has 7 heteroatoms. The van der Waals surface area contributed by atoms with Crippen LogP contribution in [0.1, 0.15) is 12.0 Å². The molecule has 0 saturated carbocycles. The highest BCUT2D eigenvalue weighted by atomic mass is 32.2. The van der Waals surface area contributed by atoms with E-state index < -0.39 is 21.7 Å². The third kappa shape index (κ3) is 3.12. The highest BCUT2D eigenvalue weighted by molar-refractivity contribution is 7.91. The van der Waals surface area contributed by atoms with Crippen molar-refractivity contribution in [1.29, 1.82) is 0 Å². The summed E-state index contributed by atoms with van der Waals surface area (Å²) < 4.78 is 39.0. The van der Waals surface area contributed by atoms with E-state index in [0.29, 0.717) is 31.1 Å². The van der Waals surface area contributed by atoms with Gasteiger partial charge in [-0.05, 0) is 12.5 Å². The Labute approximate surface area is 122 Å². The lowest BCUT2D eigenvalue weighted by Gasteiger charge is -2.21. The van der Waals surface area contributed by atoms with E-state index in [2.05, 4.69) is 0 Å². The molecule has 0 unspecified atom stereocenters. The van der Waals surface area contributed by atoms with Crippen molar-refractivity contribution in [2.75, 3.05) is 24.7 Å². The number of sulfone groups is 1. The van der Waals surface area contributed by atoms with Crippen LogP contribution in [-0.4, -0.2) is 39.1 Å². The molecule has 1 saturated heterocycles. The van der Waals surface area contributed by atoms with Crippen LogP contribution in [0.15, 0.2) is 18.2 Å². The molecule has 0 aliphatic carbocycles. The number of rotatable bonds is 3. The summed E-state index contributed by atoms with van der Waals surface area (Å²) in [6, 6.07) is 5.40. The average Bonchev–Trinajstić information content (AvgIpc) is 2.85. The van der Waals surface area contributed by atoms with E-state index >= 15 is 0 Å². The number of carbonyl (C=O) groups is 1. The van der Waals surface area contributed by atoms with E-state index in [4.69, 9.17) is 14.2 Å². The van der Waals surface area contributed by atoms with Gasteiger partial charge >= 0.3 is 5.97 Å². The Bertz CT molecular complexity index is 651. The van der Waals surface area contributed by atoms with Crippen LogP contribution in [-0.2, 0) is 26.0 Å². The molecule has 0 spiro atoms. The summed E-state index contributed by atoms with van der Waals surface area (Å²) in [6.07, 6.45) is 0.341. The van der Waals surface area contributed by atoms with Crippen LogP contribution >= 0.6 is 0 Å². The highest BCUT2D eigenvalue weighted by Gasteiger charge is 2.34. The Hall–Kier alpha value is -1.76. The summed E-state index contributed by atoms with van der Waals surface area (Å²) >= 11 is 0. The fourth-order valence-electron chi connectivity index (χ4n) is 2.50. The second-order valence-electron chi connectivity index (χ2n) is 5.15. The maximum atomic E-state index is 11.9. The lowest BCUT2D eigenvalue weighted by molar-refractivity contribution is -0.149. The Kier molecular flexibility index (Phi) is 3.75. The van der Waals surface area contributed by atoms with Crippen LogP contribution in [0.5, 0.6) is 11.5 Å². The molecule has 0 bridgehead atoms. The summed E-state index contributed by atoms with van der Waals surface area (Å²) in [5.74, 6) is 0.161. The molecule has 1 aromatic carbocycles. The van der Waals surface area contributed by atoms with Gasteiger partial charge in [-0.15, -0.1) is 0 Å². The zero-order valence-corrected chi connectivity index (χ0v) is 12.2. The van der Waals surface area contributed by atoms with Gasteiger partial charge in [-0.2, -0.15) is 0 Å². The topological polar surface area (TPSA) is 78.9 Å². The van der Waals surface area contributed by atoms with Gasteiger partial charge in [0, 0.05) is 5.56 Å². The summed E-state index contributed by atoms with van der Waals surface area (Å²) in [6.45, 7) is 1.01. The van der Waals surface area contributed by atoms with Crippen LogP contribution in [0.2, 0.25) is 0 Å². The first-order valence-corrected chi connectivity index (χ1v) is 8.62. The van der Waals surface area contributed by atoms with Crippen LogP contribution in [0.4, 0.5) is 0 Å². The first kappa shape index (κ1) is 14.2. The van der Waals surface area contributed by atoms with Gasteiger partial charge in [-0.1, -0.05) is 12.1 Å². The molecule has 2 aliphatic rings. The highest BCUT2D eigenvalue weighted by Crippen LogP contribution is 2.34. The van der Waals surface area contributed by atoms with Gasteiger partial charge in [0.15, 0.2) is 21.3 Å². The zero-order valence-electron chi connectivity index (χ0n) is 11.4. The number of hydrogen-bond acceptors (Lipinski definition) is 6. The largest absolute Gasteiger partial charge is 0.486 e. The number of esters is 1. The van der Waals surface area contributed by atoms with Crippen molar-refractivity contribution < 1.29 is 27.4 Å². The molecule has 0 N–H and O–H groups in total. The summed E-state index contributed by atoms with van der Waals surface area (Å²) in [4.78, 5) is 11.9. The number of benzene rings is 1. The predicted octanol–water partition coefficient (Wildman–Crippen LogP) is 0.936. The van der Waals surface area contributed by atoms with Gasteiger partial charge in [0.25, 0.3) is 0 Å². The van der Waals surface area contributed by atoms with Gasteiger partial charge in [-0.25, -0.2) is 8.42 Å². The fourth-order valence-corrected chi connectivity index (χ4v) is 4.22. The molecule has 1 atom stereocenters. The predicted molar refractivity (Wildman–Crippen MR) is 74.0 cm³/mol. The minimum Gasteiger partial charge on any atom is -0.486 e. The molecule has 2 aliphatic heterocycles. The summed E-state index contributed by atoms with van der Waals surface area (Å²) in [7, 11) is -3.08. The SMILES string of the molecule is O=C(OCc1cccc2c1OCCO2)[C@@H]1CCS(=O)(=O)C1. The minimum atomic E-state index is -3.08. The normalized spacial score (nSPS) is 22.8. The standard InChI is InChI=1S/C14H16O6S/c15-14(11-4-7-21(16,17)9-11)20-8-10-2-1-3-12-13(10)19-6-5-18-12/h1-3,11H,4-9H2/t11-/m1/s1. The van der Waals surface area contributed by atoms with E-state index in [1.165, 1.54) is 0 Å². The molecule has 21 heavy (non-hydrogen) atoms. The number of para-hydroxylation sites is 1. The molecule has 2 heterocycles. The van der Waals surface area contributed by atoms with Gasteiger partial charge in [0.1, 0.15) is 19.8 Å². The van der Waals surface area contributed by atoms with Crippen molar-refractivity contribution in [3.8, 4) is 11.5 Å². The maximum Gasteiger partial charge on any atom is 0.310 e. The molecule has 0 radical (unpaired) electrons. The smallest absolute Gasteiger partial charge is 0.310 e. The van der Waals surface area contributed by atoms with Gasteiger partial charge in [0.2, 0.25) is 0 Å². The first-order valence-electron chi connectivity index (χ1n) is 6.80. The number of carbonyl (C=O) groups excluding carboxylic acids is 1. The van der Waals surface area contributed by atoms with Crippen molar-refractivity contribution in [2.24, 2.45) is 5.92 Å². The molecule has 1 fully saturated rings. The van der Waals surface area contributed by atoms with Crippen LogP contribution in [0.3, 0.4) is 0 Å². The monoisotopic (exact) mass is 312 g/mol. The Morgan fingerprint density at radius 2 is 2.10 bits per heavy atom. The van der Waals surface area contributed by atoms with Gasteiger partial charge < -0.3 is 14.2 Å². The molecule has 6 nitrogen and oxygen atoms in total. The summed E-state index contributed by atoms with van der Waals surface area (Å²) in [5.41, 5.74) is 0.724. The average molecular weight is 312 g/mol. The van der Waals surface area contributed by atoms with Crippen molar-refractivity contribution in [1.82, 2.24) is 0 Å². The molecule has 114 valence electrons. The van der Waals surface area contributed by atoms with E-state index in [1.807, 2.05) is 0 Å². The Morgan fingerprint density at radius 1 is 1.29 bits per heavy atom. The van der Waals surface area contributed by atoms with Crippen molar-refractivity contribution in [2.45, 2.75) is 13.0 Å². The van der Waals surface area contributed by atoms with E-state index in [0.717, 1.165) is 5.56 Å². The molecular formula is C14H16O6S. The second-order valence-corrected chi connectivity index (χ2v) is 7.38. The molecule has 0 amide bonds.